The lowest BCUT2D eigenvalue weighted by molar-refractivity contribution is 0.601. The predicted octanol–water partition coefficient (Wildman–Crippen LogP) is 2.19. The Morgan fingerprint density at radius 3 is 2.68 bits per heavy atom. The fraction of sp³-hybridized carbons (Fsp3) is 0.333. The lowest BCUT2D eigenvalue weighted by atomic mass is 10.5. The van der Waals surface area contributed by atoms with E-state index in [4.69, 9.17) is 0 Å². The third kappa shape index (κ3) is 3.51. The molecular weight excluding hydrogens is 372 g/mol. The third-order valence-electron chi connectivity index (χ3n) is 2.09. The van der Waals surface area contributed by atoms with Gasteiger partial charge in [0.05, 0.1) is 3.79 Å². The molecular formula is C9H11BrN4O2S3. The van der Waals surface area contributed by atoms with E-state index in [1.807, 2.05) is 7.05 Å². The van der Waals surface area contributed by atoms with Gasteiger partial charge in [-0.05, 0) is 36.0 Å². The molecule has 104 valence electrons. The highest BCUT2D eigenvalue weighted by Crippen LogP contribution is 2.33. The van der Waals surface area contributed by atoms with E-state index in [1.165, 1.54) is 22.7 Å². The highest BCUT2D eigenvalue weighted by Gasteiger charge is 2.22. The van der Waals surface area contributed by atoms with Crippen molar-refractivity contribution in [3.8, 4) is 0 Å². The molecule has 0 atom stereocenters. The number of nitrogens with one attached hydrogen (secondary N) is 2. The zero-order valence-corrected chi connectivity index (χ0v) is 14.1. The van der Waals surface area contributed by atoms with Gasteiger partial charge in [0.15, 0.2) is 0 Å². The van der Waals surface area contributed by atoms with Crippen LogP contribution in [0.25, 0.3) is 0 Å². The quantitative estimate of drug-likeness (QED) is 0.827. The zero-order valence-electron chi connectivity index (χ0n) is 10.1. The van der Waals surface area contributed by atoms with Crippen molar-refractivity contribution in [3.05, 3.63) is 19.7 Å². The van der Waals surface area contributed by atoms with Crippen LogP contribution in [0.5, 0.6) is 0 Å². The summed E-state index contributed by atoms with van der Waals surface area (Å²) < 4.78 is 27.5. The average Bonchev–Trinajstić information content (AvgIpc) is 2.86. The Kier molecular flexibility index (Phi) is 4.56. The Bertz CT molecular complexity index is 679. The number of nitrogens with zero attached hydrogens (tertiary/aromatic N) is 2. The molecule has 0 aliphatic heterocycles. The van der Waals surface area contributed by atoms with Crippen LogP contribution in [0.1, 0.15) is 9.88 Å². The van der Waals surface area contributed by atoms with Crippen molar-refractivity contribution in [3.63, 3.8) is 0 Å². The van der Waals surface area contributed by atoms with Gasteiger partial charge < -0.3 is 5.32 Å². The Morgan fingerprint density at radius 1 is 1.37 bits per heavy atom. The summed E-state index contributed by atoms with van der Waals surface area (Å²) in [6.45, 7) is 2.39. The fourth-order valence-electron chi connectivity index (χ4n) is 1.35. The van der Waals surface area contributed by atoms with Crippen LogP contribution in [-0.2, 0) is 16.6 Å². The molecule has 19 heavy (non-hydrogen) atoms. The van der Waals surface area contributed by atoms with Gasteiger partial charge >= 0.3 is 0 Å². The summed E-state index contributed by atoms with van der Waals surface area (Å²) in [5, 5.41) is 11.5. The predicted molar refractivity (Wildman–Crippen MR) is 80.2 cm³/mol. The maximum absolute atomic E-state index is 12.2. The van der Waals surface area contributed by atoms with E-state index in [9.17, 15) is 8.42 Å². The van der Waals surface area contributed by atoms with E-state index in [-0.39, 0.29) is 10.0 Å². The highest BCUT2D eigenvalue weighted by molar-refractivity contribution is 9.11. The van der Waals surface area contributed by atoms with Crippen LogP contribution in [0, 0.1) is 6.92 Å². The number of aryl methyl sites for hydroxylation is 1. The van der Waals surface area contributed by atoms with Crippen LogP contribution in [0.2, 0.25) is 0 Å². The van der Waals surface area contributed by atoms with Crippen molar-refractivity contribution in [1.29, 1.82) is 0 Å². The fourth-order valence-corrected chi connectivity index (χ4v) is 5.87. The standard InChI is InChI=1S/C9H11BrN4O2S3/c1-5-12-13-9(17-5)14-19(15,16)7-3-6(4-11-2)18-8(7)10/h3,11H,4H2,1-2H3,(H,13,14). The maximum atomic E-state index is 12.2. The molecule has 0 saturated heterocycles. The van der Waals surface area contributed by atoms with Gasteiger partial charge in [-0.2, -0.15) is 0 Å². The SMILES string of the molecule is CNCc1cc(S(=O)(=O)Nc2nnc(C)s2)c(Br)s1. The van der Waals surface area contributed by atoms with Gasteiger partial charge in [0, 0.05) is 11.4 Å². The first-order chi connectivity index (χ1) is 8.92. The molecule has 6 nitrogen and oxygen atoms in total. The van der Waals surface area contributed by atoms with E-state index in [0.717, 1.165) is 4.88 Å². The van der Waals surface area contributed by atoms with Gasteiger partial charge in [-0.15, -0.1) is 21.5 Å². The van der Waals surface area contributed by atoms with E-state index in [0.29, 0.717) is 15.3 Å². The first kappa shape index (κ1) is 14.9. The molecule has 2 heterocycles. The molecule has 0 unspecified atom stereocenters. The minimum Gasteiger partial charge on any atom is -0.315 e. The highest BCUT2D eigenvalue weighted by atomic mass is 79.9. The smallest absolute Gasteiger partial charge is 0.265 e. The van der Waals surface area contributed by atoms with E-state index >= 15 is 0 Å². The second-order valence-corrected chi connectivity index (χ2v) is 8.90. The average molecular weight is 383 g/mol. The van der Waals surface area contributed by atoms with Gasteiger partial charge in [-0.3, -0.25) is 4.72 Å². The Balaban J connectivity index is 2.28. The summed E-state index contributed by atoms with van der Waals surface area (Å²) in [4.78, 5) is 1.15. The Hall–Kier alpha value is -0.550. The van der Waals surface area contributed by atoms with Crippen molar-refractivity contribution >= 4 is 53.8 Å². The molecule has 10 heteroatoms. The molecule has 0 aliphatic rings. The van der Waals surface area contributed by atoms with Gasteiger partial charge in [0.1, 0.15) is 9.90 Å². The monoisotopic (exact) mass is 382 g/mol. The number of hydrogen-bond acceptors (Lipinski definition) is 7. The molecule has 0 amide bonds. The minimum absolute atomic E-state index is 0.218. The number of sulfonamides is 1. The first-order valence-corrected chi connectivity index (χ1v) is 9.09. The van der Waals surface area contributed by atoms with Crippen LogP contribution in [0.4, 0.5) is 5.13 Å². The normalized spacial score (nSPS) is 11.7. The number of halogens is 1. The second kappa shape index (κ2) is 5.83. The summed E-state index contributed by atoms with van der Waals surface area (Å²) in [6, 6.07) is 1.64. The number of rotatable bonds is 5. The van der Waals surface area contributed by atoms with Gasteiger partial charge in [-0.25, -0.2) is 8.42 Å². The number of hydrogen-bond donors (Lipinski definition) is 2. The van der Waals surface area contributed by atoms with Crippen LogP contribution in [-0.4, -0.2) is 25.7 Å². The van der Waals surface area contributed by atoms with Crippen LogP contribution < -0.4 is 10.0 Å². The molecule has 0 spiro atoms. The largest absolute Gasteiger partial charge is 0.315 e. The summed E-state index contributed by atoms with van der Waals surface area (Å²) in [5.74, 6) is 0. The van der Waals surface area contributed by atoms with Crippen LogP contribution in [0.3, 0.4) is 0 Å². The van der Waals surface area contributed by atoms with Gasteiger partial charge in [-0.1, -0.05) is 11.3 Å². The minimum atomic E-state index is -3.63. The molecule has 2 aromatic rings. The molecule has 2 rings (SSSR count). The lowest BCUT2D eigenvalue weighted by Crippen LogP contribution is -2.12. The van der Waals surface area contributed by atoms with Crippen molar-refractivity contribution < 1.29 is 8.42 Å². The van der Waals surface area contributed by atoms with Gasteiger partial charge in [0.2, 0.25) is 5.13 Å². The van der Waals surface area contributed by atoms with Crippen molar-refractivity contribution in [1.82, 2.24) is 15.5 Å². The van der Waals surface area contributed by atoms with Gasteiger partial charge in [0.25, 0.3) is 10.0 Å². The summed E-state index contributed by atoms with van der Waals surface area (Å²) >= 11 is 5.86. The molecule has 0 radical (unpaired) electrons. The third-order valence-corrected chi connectivity index (χ3v) is 6.57. The molecule has 0 aliphatic carbocycles. The zero-order chi connectivity index (χ0) is 14.0. The molecule has 0 bridgehead atoms. The Labute approximate surface area is 127 Å². The van der Waals surface area contributed by atoms with Crippen molar-refractivity contribution in [2.24, 2.45) is 0 Å². The van der Waals surface area contributed by atoms with E-state index in [2.05, 4.69) is 36.2 Å². The molecule has 0 fully saturated rings. The van der Waals surface area contributed by atoms with E-state index < -0.39 is 10.0 Å². The summed E-state index contributed by atoms with van der Waals surface area (Å²) in [6.07, 6.45) is 0. The van der Waals surface area contributed by atoms with Crippen molar-refractivity contribution in [2.75, 3.05) is 11.8 Å². The Morgan fingerprint density at radius 2 is 2.11 bits per heavy atom. The van der Waals surface area contributed by atoms with Crippen LogP contribution in [0.15, 0.2) is 14.7 Å². The topological polar surface area (TPSA) is 84.0 Å². The number of aromatic nitrogens is 2. The van der Waals surface area contributed by atoms with E-state index in [1.54, 1.807) is 13.0 Å². The molecule has 0 saturated carbocycles. The molecule has 0 aromatic carbocycles. The molecule has 2 N–H and O–H groups in total. The number of thiophene rings is 1. The first-order valence-electron chi connectivity index (χ1n) is 5.18. The summed E-state index contributed by atoms with van der Waals surface area (Å²) in [7, 11) is -1.82. The lowest BCUT2D eigenvalue weighted by Gasteiger charge is -2.02. The summed E-state index contributed by atoms with van der Waals surface area (Å²) in [5.41, 5.74) is 0. The van der Waals surface area contributed by atoms with Crippen LogP contribution >= 0.6 is 38.6 Å². The van der Waals surface area contributed by atoms with Crippen molar-refractivity contribution in [2.45, 2.75) is 18.4 Å². The maximum Gasteiger partial charge on any atom is 0.265 e. The number of anilines is 1. The second-order valence-electron chi connectivity index (χ2n) is 3.61. The molecule has 2 aromatic heterocycles.